The molecule has 2 aromatic carbocycles. The van der Waals surface area contributed by atoms with Crippen molar-refractivity contribution in [3.63, 3.8) is 0 Å². The van der Waals surface area contributed by atoms with E-state index in [0.717, 1.165) is 18.2 Å². The quantitative estimate of drug-likeness (QED) is 0.395. The van der Waals surface area contributed by atoms with Crippen LogP contribution in [-0.4, -0.2) is 32.1 Å². The van der Waals surface area contributed by atoms with Crippen molar-refractivity contribution >= 4 is 40.8 Å². The Kier molecular flexibility index (Phi) is 6.10. The van der Waals surface area contributed by atoms with Crippen LogP contribution < -0.4 is 11.1 Å². The van der Waals surface area contributed by atoms with Crippen molar-refractivity contribution < 1.29 is 18.1 Å². The summed E-state index contributed by atoms with van der Waals surface area (Å²) in [6.45, 7) is -0.340. The molecule has 0 aliphatic carbocycles. The Morgan fingerprint density at radius 2 is 2.00 bits per heavy atom. The highest BCUT2D eigenvalue weighted by molar-refractivity contribution is 7.98. The zero-order chi connectivity index (χ0) is 22.8. The van der Waals surface area contributed by atoms with Crippen LogP contribution in [0.1, 0.15) is 0 Å². The molecule has 0 fully saturated rings. The summed E-state index contributed by atoms with van der Waals surface area (Å²) in [5, 5.41) is 11.6. The molecule has 0 atom stereocenters. The summed E-state index contributed by atoms with van der Waals surface area (Å²) in [4.78, 5) is 16.7. The number of anilines is 2. The number of carbonyl (C=O) groups is 1. The second kappa shape index (κ2) is 8.97. The standard InChI is InChI=1S/C20H15ClF2N6O2S/c1-32-20-16(19-26-18(28-31-19)10-2-4-11(21)5-3-10)17(24)29(27-20)9-15(30)25-14-8-12(22)6-7-13(14)23/h2-8H,9,24H2,1H3,(H,25,30). The predicted molar refractivity (Wildman–Crippen MR) is 117 cm³/mol. The number of aromatic nitrogens is 4. The third-order valence-corrected chi connectivity index (χ3v) is 5.32. The van der Waals surface area contributed by atoms with Crippen LogP contribution in [0.3, 0.4) is 0 Å². The lowest BCUT2D eigenvalue weighted by Gasteiger charge is -2.07. The minimum absolute atomic E-state index is 0.107. The van der Waals surface area contributed by atoms with Crippen molar-refractivity contribution in [1.29, 1.82) is 0 Å². The summed E-state index contributed by atoms with van der Waals surface area (Å²) in [5.74, 6) is -1.53. The van der Waals surface area contributed by atoms with E-state index in [1.807, 2.05) is 0 Å². The minimum atomic E-state index is -0.765. The van der Waals surface area contributed by atoms with Crippen molar-refractivity contribution in [1.82, 2.24) is 19.9 Å². The molecule has 2 heterocycles. The minimum Gasteiger partial charge on any atom is -0.383 e. The van der Waals surface area contributed by atoms with Gasteiger partial charge >= 0.3 is 0 Å². The number of nitrogens with one attached hydrogen (secondary N) is 1. The molecule has 0 saturated carbocycles. The number of nitrogens with two attached hydrogens (primary N) is 1. The van der Waals surface area contributed by atoms with E-state index in [4.69, 9.17) is 21.9 Å². The lowest BCUT2D eigenvalue weighted by atomic mass is 10.2. The monoisotopic (exact) mass is 476 g/mol. The second-order valence-corrected chi connectivity index (χ2v) is 7.76. The van der Waals surface area contributed by atoms with Crippen molar-refractivity contribution in [2.24, 2.45) is 0 Å². The van der Waals surface area contributed by atoms with Crippen LogP contribution in [0.2, 0.25) is 5.02 Å². The Balaban J connectivity index is 1.59. The topological polar surface area (TPSA) is 112 Å². The summed E-state index contributed by atoms with van der Waals surface area (Å²) in [5.41, 5.74) is 6.98. The zero-order valence-electron chi connectivity index (χ0n) is 16.5. The number of thioether (sulfide) groups is 1. The smallest absolute Gasteiger partial charge is 0.264 e. The molecule has 1 amide bonds. The summed E-state index contributed by atoms with van der Waals surface area (Å²) < 4.78 is 33.7. The SMILES string of the molecule is CSc1nn(CC(=O)Nc2cc(F)ccc2F)c(N)c1-c1nc(-c2ccc(Cl)cc2)no1. The maximum absolute atomic E-state index is 13.8. The summed E-state index contributed by atoms with van der Waals surface area (Å²) in [6.07, 6.45) is 1.77. The predicted octanol–water partition coefficient (Wildman–Crippen LogP) is 4.47. The van der Waals surface area contributed by atoms with Crippen LogP contribution >= 0.6 is 23.4 Å². The molecule has 4 rings (SSSR count). The van der Waals surface area contributed by atoms with Gasteiger partial charge in [0.05, 0.1) is 5.69 Å². The lowest BCUT2D eigenvalue weighted by molar-refractivity contribution is -0.116. The second-order valence-electron chi connectivity index (χ2n) is 6.53. The first-order valence-electron chi connectivity index (χ1n) is 9.11. The number of halogens is 3. The van der Waals surface area contributed by atoms with Gasteiger partial charge in [0.25, 0.3) is 5.89 Å². The Labute approximate surface area is 189 Å². The van der Waals surface area contributed by atoms with Gasteiger partial charge in [-0.15, -0.1) is 11.8 Å². The Morgan fingerprint density at radius 3 is 2.72 bits per heavy atom. The molecule has 2 aromatic heterocycles. The molecule has 0 radical (unpaired) electrons. The molecule has 32 heavy (non-hydrogen) atoms. The fraction of sp³-hybridized carbons (Fsp3) is 0.100. The first-order chi connectivity index (χ1) is 15.4. The molecule has 0 unspecified atom stereocenters. The number of hydrogen-bond acceptors (Lipinski definition) is 7. The van der Waals surface area contributed by atoms with Gasteiger partial charge in [-0.2, -0.15) is 10.1 Å². The number of carbonyl (C=O) groups excluding carboxylic acids is 1. The van der Waals surface area contributed by atoms with Crippen LogP contribution in [0.5, 0.6) is 0 Å². The molecule has 0 bridgehead atoms. The maximum Gasteiger partial charge on any atom is 0.264 e. The molecular weight excluding hydrogens is 462 g/mol. The van der Waals surface area contributed by atoms with Gasteiger partial charge in [0, 0.05) is 16.7 Å². The van der Waals surface area contributed by atoms with Crippen molar-refractivity contribution in [3.05, 3.63) is 59.1 Å². The van der Waals surface area contributed by atoms with E-state index >= 15 is 0 Å². The molecule has 8 nitrogen and oxygen atoms in total. The van der Waals surface area contributed by atoms with Gasteiger partial charge in [-0.25, -0.2) is 13.5 Å². The number of amides is 1. The van der Waals surface area contributed by atoms with Crippen LogP contribution in [0.25, 0.3) is 22.8 Å². The molecule has 164 valence electrons. The highest BCUT2D eigenvalue weighted by Gasteiger charge is 2.24. The fourth-order valence-electron chi connectivity index (χ4n) is 2.88. The van der Waals surface area contributed by atoms with Gasteiger partial charge in [-0.05, 0) is 42.7 Å². The van der Waals surface area contributed by atoms with Gasteiger partial charge < -0.3 is 15.6 Å². The highest BCUT2D eigenvalue weighted by Crippen LogP contribution is 2.35. The number of benzene rings is 2. The number of rotatable bonds is 6. The lowest BCUT2D eigenvalue weighted by Crippen LogP contribution is -2.21. The van der Waals surface area contributed by atoms with Crippen molar-refractivity contribution in [3.8, 4) is 22.8 Å². The first-order valence-corrected chi connectivity index (χ1v) is 10.7. The van der Waals surface area contributed by atoms with Gasteiger partial charge in [0.1, 0.15) is 34.6 Å². The summed E-state index contributed by atoms with van der Waals surface area (Å²) in [7, 11) is 0. The Morgan fingerprint density at radius 1 is 1.25 bits per heavy atom. The maximum atomic E-state index is 13.8. The van der Waals surface area contributed by atoms with E-state index in [1.165, 1.54) is 16.4 Å². The molecule has 4 aromatic rings. The fourth-order valence-corrected chi connectivity index (χ4v) is 3.58. The number of nitrogens with zero attached hydrogens (tertiary/aromatic N) is 4. The normalized spacial score (nSPS) is 11.0. The van der Waals surface area contributed by atoms with Crippen LogP contribution in [0.4, 0.5) is 20.3 Å². The third kappa shape index (κ3) is 4.43. The largest absolute Gasteiger partial charge is 0.383 e. The van der Waals surface area contributed by atoms with Crippen LogP contribution in [0.15, 0.2) is 52.0 Å². The molecule has 12 heteroatoms. The molecule has 0 aliphatic heterocycles. The van der Waals surface area contributed by atoms with Crippen LogP contribution in [0, 0.1) is 11.6 Å². The van der Waals surface area contributed by atoms with E-state index in [-0.39, 0.29) is 23.9 Å². The average Bonchev–Trinajstić information content (AvgIpc) is 3.36. The summed E-state index contributed by atoms with van der Waals surface area (Å²) >= 11 is 7.17. The van der Waals surface area contributed by atoms with Gasteiger partial charge in [-0.3, -0.25) is 4.79 Å². The van der Waals surface area contributed by atoms with Gasteiger partial charge in [-0.1, -0.05) is 16.8 Å². The summed E-state index contributed by atoms with van der Waals surface area (Å²) in [6, 6.07) is 9.65. The van der Waals surface area contributed by atoms with E-state index in [0.29, 0.717) is 27.0 Å². The first kappa shape index (κ1) is 21.8. The average molecular weight is 477 g/mol. The van der Waals surface area contributed by atoms with Crippen molar-refractivity contribution in [2.45, 2.75) is 11.6 Å². The van der Waals surface area contributed by atoms with E-state index in [2.05, 4.69) is 20.6 Å². The number of nitrogen functional groups attached to an aromatic ring is 1. The van der Waals surface area contributed by atoms with E-state index in [1.54, 1.807) is 30.5 Å². The highest BCUT2D eigenvalue weighted by atomic mass is 35.5. The molecule has 0 aliphatic rings. The number of hydrogen-bond donors (Lipinski definition) is 2. The molecule has 3 N–H and O–H groups in total. The third-order valence-electron chi connectivity index (χ3n) is 4.39. The van der Waals surface area contributed by atoms with Crippen molar-refractivity contribution in [2.75, 3.05) is 17.3 Å². The van der Waals surface area contributed by atoms with Gasteiger partial charge in [0.15, 0.2) is 0 Å². The molecule has 0 saturated heterocycles. The van der Waals surface area contributed by atoms with Crippen LogP contribution in [-0.2, 0) is 11.3 Å². The Bertz CT molecular complexity index is 1290. The Hall–Kier alpha value is -3.44. The van der Waals surface area contributed by atoms with E-state index in [9.17, 15) is 13.6 Å². The van der Waals surface area contributed by atoms with Gasteiger partial charge in [0.2, 0.25) is 11.7 Å². The molecular formula is C20H15ClF2N6O2S. The van der Waals surface area contributed by atoms with E-state index < -0.39 is 17.5 Å². The zero-order valence-corrected chi connectivity index (χ0v) is 18.0. The molecule has 0 spiro atoms.